The highest BCUT2D eigenvalue weighted by Gasteiger charge is 2.04. The van der Waals surface area contributed by atoms with E-state index in [2.05, 4.69) is 18.9 Å². The summed E-state index contributed by atoms with van der Waals surface area (Å²) in [5.74, 6) is 0. The van der Waals surface area contributed by atoms with Crippen LogP contribution in [0.2, 0.25) is 0 Å². The predicted octanol–water partition coefficient (Wildman–Crippen LogP) is 2.43. The van der Waals surface area contributed by atoms with Crippen LogP contribution in [-0.4, -0.2) is 9.78 Å². The fourth-order valence-electron chi connectivity index (χ4n) is 1.79. The van der Waals surface area contributed by atoms with E-state index in [1.54, 1.807) is 6.07 Å². The second kappa shape index (κ2) is 4.39. The molecule has 0 aliphatic heterocycles. The smallest absolute Gasteiger partial charge is 0.264 e. The normalized spacial score (nSPS) is 10.6. The van der Waals surface area contributed by atoms with E-state index in [1.165, 1.54) is 5.56 Å². The monoisotopic (exact) mass is 216 g/mol. The van der Waals surface area contributed by atoms with E-state index in [0.29, 0.717) is 0 Å². The zero-order valence-corrected chi connectivity index (χ0v) is 9.66. The Hall–Kier alpha value is -1.77. The Morgan fingerprint density at radius 2 is 1.94 bits per heavy atom. The van der Waals surface area contributed by atoms with Gasteiger partial charge in [0.15, 0.2) is 0 Å². The van der Waals surface area contributed by atoms with Crippen molar-refractivity contribution < 1.29 is 0 Å². The van der Waals surface area contributed by atoms with E-state index in [4.69, 9.17) is 0 Å². The van der Waals surface area contributed by atoms with Crippen LogP contribution >= 0.6 is 0 Å². The Morgan fingerprint density at radius 1 is 1.25 bits per heavy atom. The van der Waals surface area contributed by atoms with Gasteiger partial charge in [-0.15, -0.1) is 0 Å². The lowest BCUT2D eigenvalue weighted by molar-refractivity contribution is 0.770. The van der Waals surface area contributed by atoms with Crippen molar-refractivity contribution in [2.24, 2.45) is 0 Å². The molecule has 3 heteroatoms. The summed E-state index contributed by atoms with van der Waals surface area (Å²) in [7, 11) is 0. The van der Waals surface area contributed by atoms with E-state index in [0.717, 1.165) is 24.2 Å². The topological polar surface area (TPSA) is 37.8 Å². The van der Waals surface area contributed by atoms with Crippen LogP contribution in [0.25, 0.3) is 5.69 Å². The Labute approximate surface area is 94.7 Å². The van der Waals surface area contributed by atoms with Gasteiger partial charge in [-0.05, 0) is 25.5 Å². The molecule has 3 nitrogen and oxygen atoms in total. The van der Waals surface area contributed by atoms with Gasteiger partial charge in [0.1, 0.15) is 0 Å². The van der Waals surface area contributed by atoms with E-state index < -0.39 is 0 Å². The first kappa shape index (κ1) is 10.7. The lowest BCUT2D eigenvalue weighted by Gasteiger charge is -2.07. The standard InChI is InChI=1S/C13H16N2O/c1-3-4-12-9-13(16)14-15(12)11-7-5-10(2)6-8-11/h5-9H,3-4H2,1-2H3,(H,14,16). The average Bonchev–Trinajstić information content (AvgIpc) is 2.61. The quantitative estimate of drug-likeness (QED) is 0.840. The highest BCUT2D eigenvalue weighted by atomic mass is 16.1. The molecule has 1 heterocycles. The molecule has 0 aliphatic rings. The predicted molar refractivity (Wildman–Crippen MR) is 65.1 cm³/mol. The van der Waals surface area contributed by atoms with Crippen molar-refractivity contribution in [3.63, 3.8) is 0 Å². The van der Waals surface area contributed by atoms with Gasteiger partial charge >= 0.3 is 0 Å². The molecule has 0 bridgehead atoms. The van der Waals surface area contributed by atoms with Crippen LogP contribution < -0.4 is 5.56 Å². The maximum absolute atomic E-state index is 11.3. The van der Waals surface area contributed by atoms with Crippen molar-refractivity contribution in [3.8, 4) is 5.69 Å². The summed E-state index contributed by atoms with van der Waals surface area (Å²) >= 11 is 0. The molecule has 84 valence electrons. The summed E-state index contributed by atoms with van der Waals surface area (Å²) in [5.41, 5.74) is 3.23. The minimum atomic E-state index is -0.0379. The van der Waals surface area contributed by atoms with Crippen molar-refractivity contribution in [1.82, 2.24) is 9.78 Å². The molecular weight excluding hydrogens is 200 g/mol. The van der Waals surface area contributed by atoms with Crippen LogP contribution in [0.1, 0.15) is 24.6 Å². The average molecular weight is 216 g/mol. The van der Waals surface area contributed by atoms with Gasteiger partial charge < -0.3 is 0 Å². The van der Waals surface area contributed by atoms with Crippen molar-refractivity contribution >= 4 is 0 Å². The summed E-state index contributed by atoms with van der Waals surface area (Å²) in [4.78, 5) is 11.3. The van der Waals surface area contributed by atoms with Crippen molar-refractivity contribution in [3.05, 3.63) is 51.9 Å². The number of aromatic amines is 1. The number of benzene rings is 1. The molecule has 0 radical (unpaired) electrons. The summed E-state index contributed by atoms with van der Waals surface area (Å²) in [6.45, 7) is 4.16. The molecule has 1 N–H and O–H groups in total. The number of nitrogens with zero attached hydrogens (tertiary/aromatic N) is 1. The number of H-pyrrole nitrogens is 1. The molecular formula is C13H16N2O. The lowest BCUT2D eigenvalue weighted by atomic mass is 10.2. The van der Waals surface area contributed by atoms with Crippen LogP contribution in [0.5, 0.6) is 0 Å². The van der Waals surface area contributed by atoms with Crippen LogP contribution in [0.3, 0.4) is 0 Å². The molecule has 0 fully saturated rings. The van der Waals surface area contributed by atoms with Gasteiger partial charge in [0.05, 0.1) is 5.69 Å². The van der Waals surface area contributed by atoms with Gasteiger partial charge in [-0.1, -0.05) is 31.0 Å². The van der Waals surface area contributed by atoms with Gasteiger partial charge in [-0.2, -0.15) is 0 Å². The molecule has 0 amide bonds. The van der Waals surface area contributed by atoms with Crippen molar-refractivity contribution in [2.75, 3.05) is 0 Å². The first-order valence-corrected chi connectivity index (χ1v) is 5.58. The first-order valence-electron chi connectivity index (χ1n) is 5.58. The van der Waals surface area contributed by atoms with Gasteiger partial charge in [0.2, 0.25) is 0 Å². The van der Waals surface area contributed by atoms with Gasteiger partial charge in [-0.25, -0.2) is 0 Å². The fourth-order valence-corrected chi connectivity index (χ4v) is 1.79. The summed E-state index contributed by atoms with van der Waals surface area (Å²) in [5, 5.41) is 2.83. The molecule has 2 rings (SSSR count). The number of rotatable bonds is 3. The Bertz CT molecular complexity index is 520. The van der Waals surface area contributed by atoms with E-state index in [1.807, 2.05) is 28.9 Å². The zero-order chi connectivity index (χ0) is 11.5. The van der Waals surface area contributed by atoms with E-state index in [-0.39, 0.29) is 5.56 Å². The summed E-state index contributed by atoms with van der Waals surface area (Å²) in [6, 6.07) is 9.80. The number of nitrogens with one attached hydrogen (secondary N) is 1. The molecule has 0 spiro atoms. The summed E-state index contributed by atoms with van der Waals surface area (Å²) < 4.78 is 1.87. The molecule has 16 heavy (non-hydrogen) atoms. The SMILES string of the molecule is CCCc1cc(=O)[nH]n1-c1ccc(C)cc1. The number of aromatic nitrogens is 2. The first-order chi connectivity index (χ1) is 7.70. The number of hydrogen-bond donors (Lipinski definition) is 1. The van der Waals surface area contributed by atoms with Crippen LogP contribution in [0.4, 0.5) is 0 Å². The molecule has 1 aromatic heterocycles. The molecule has 0 unspecified atom stereocenters. The van der Waals surface area contributed by atoms with Crippen LogP contribution in [0.15, 0.2) is 35.1 Å². The number of hydrogen-bond acceptors (Lipinski definition) is 1. The van der Waals surface area contributed by atoms with Crippen LogP contribution in [0, 0.1) is 6.92 Å². The maximum atomic E-state index is 11.3. The van der Waals surface area contributed by atoms with E-state index >= 15 is 0 Å². The van der Waals surface area contributed by atoms with Crippen molar-refractivity contribution in [2.45, 2.75) is 26.7 Å². The molecule has 0 saturated heterocycles. The van der Waals surface area contributed by atoms with Gasteiger partial charge in [-0.3, -0.25) is 14.6 Å². The second-order valence-corrected chi connectivity index (χ2v) is 4.03. The summed E-state index contributed by atoms with van der Waals surface area (Å²) in [6.07, 6.45) is 1.94. The minimum Gasteiger partial charge on any atom is -0.268 e. The maximum Gasteiger partial charge on any atom is 0.264 e. The lowest BCUT2D eigenvalue weighted by Crippen LogP contribution is -2.05. The Kier molecular flexibility index (Phi) is 2.95. The molecule has 0 atom stereocenters. The van der Waals surface area contributed by atoms with Crippen LogP contribution in [-0.2, 0) is 6.42 Å². The number of aryl methyl sites for hydroxylation is 2. The third kappa shape index (κ3) is 2.08. The fraction of sp³-hybridized carbons (Fsp3) is 0.308. The van der Waals surface area contributed by atoms with Gasteiger partial charge in [0, 0.05) is 11.8 Å². The second-order valence-electron chi connectivity index (χ2n) is 4.03. The Balaban J connectivity index is 2.46. The molecule has 2 aromatic rings. The van der Waals surface area contributed by atoms with Gasteiger partial charge in [0.25, 0.3) is 5.56 Å². The zero-order valence-electron chi connectivity index (χ0n) is 9.66. The Morgan fingerprint density at radius 3 is 2.56 bits per heavy atom. The molecule has 0 saturated carbocycles. The van der Waals surface area contributed by atoms with Crippen molar-refractivity contribution in [1.29, 1.82) is 0 Å². The molecule has 0 aliphatic carbocycles. The highest BCUT2D eigenvalue weighted by Crippen LogP contribution is 2.11. The highest BCUT2D eigenvalue weighted by molar-refractivity contribution is 5.35. The largest absolute Gasteiger partial charge is 0.268 e. The third-order valence-corrected chi connectivity index (χ3v) is 2.61. The molecule has 1 aromatic carbocycles. The third-order valence-electron chi connectivity index (χ3n) is 2.61. The van der Waals surface area contributed by atoms with E-state index in [9.17, 15) is 4.79 Å². The minimum absolute atomic E-state index is 0.0379.